The molecule has 0 aliphatic carbocycles. The maximum Gasteiger partial charge on any atom is 0.254 e. The van der Waals surface area contributed by atoms with Crippen molar-refractivity contribution in [2.75, 3.05) is 33.7 Å². The monoisotopic (exact) mass is 303 g/mol. The molecule has 1 amide bonds. The van der Waals surface area contributed by atoms with E-state index in [2.05, 4.69) is 28.1 Å². The number of nitrogens with zero attached hydrogens (tertiary/aromatic N) is 2. The molecule has 4 heteroatoms. The number of benzene rings is 1. The Morgan fingerprint density at radius 3 is 2.64 bits per heavy atom. The quantitative estimate of drug-likeness (QED) is 0.876. The van der Waals surface area contributed by atoms with Crippen molar-refractivity contribution in [2.24, 2.45) is 0 Å². The van der Waals surface area contributed by atoms with Crippen LogP contribution in [0.2, 0.25) is 0 Å². The van der Waals surface area contributed by atoms with E-state index >= 15 is 0 Å². The Bertz CT molecular complexity index is 481. The van der Waals surface area contributed by atoms with Crippen LogP contribution < -0.4 is 5.32 Å². The number of hydrogen-bond acceptors (Lipinski definition) is 3. The van der Waals surface area contributed by atoms with Crippen molar-refractivity contribution >= 4 is 5.91 Å². The van der Waals surface area contributed by atoms with Gasteiger partial charge in [-0.15, -0.1) is 0 Å². The van der Waals surface area contributed by atoms with Gasteiger partial charge >= 0.3 is 0 Å². The lowest BCUT2D eigenvalue weighted by Crippen LogP contribution is -2.46. The van der Waals surface area contributed by atoms with Gasteiger partial charge in [0.15, 0.2) is 0 Å². The molecular weight excluding hydrogens is 274 g/mol. The summed E-state index contributed by atoms with van der Waals surface area (Å²) in [6.45, 7) is 5.88. The summed E-state index contributed by atoms with van der Waals surface area (Å²) in [6.07, 6.45) is 3.12. The molecule has 0 spiro atoms. The molecule has 0 bridgehead atoms. The van der Waals surface area contributed by atoms with Crippen LogP contribution >= 0.6 is 0 Å². The molecule has 1 aromatic carbocycles. The van der Waals surface area contributed by atoms with Crippen molar-refractivity contribution in [3.63, 3.8) is 0 Å². The Balaban J connectivity index is 2.15. The summed E-state index contributed by atoms with van der Waals surface area (Å²) >= 11 is 0. The van der Waals surface area contributed by atoms with E-state index in [1.807, 2.05) is 32.3 Å². The molecule has 0 unspecified atom stereocenters. The number of rotatable bonds is 6. The van der Waals surface area contributed by atoms with E-state index in [1.54, 1.807) is 0 Å². The number of carbonyl (C=O) groups excluding carboxylic acids is 1. The minimum atomic E-state index is 0.189. The van der Waals surface area contributed by atoms with Crippen molar-refractivity contribution in [3.8, 4) is 0 Å². The second kappa shape index (κ2) is 8.30. The van der Waals surface area contributed by atoms with Crippen LogP contribution in [0.4, 0.5) is 0 Å². The smallest absolute Gasteiger partial charge is 0.254 e. The molecule has 0 radical (unpaired) electrons. The van der Waals surface area contributed by atoms with Crippen molar-refractivity contribution in [1.82, 2.24) is 15.1 Å². The molecule has 0 saturated carbocycles. The largest absolute Gasteiger partial charge is 0.336 e. The second-order valence-corrected chi connectivity index (χ2v) is 6.42. The van der Waals surface area contributed by atoms with Crippen LogP contribution in [0.1, 0.15) is 42.1 Å². The number of carbonyl (C=O) groups is 1. The topological polar surface area (TPSA) is 35.6 Å². The number of hydrogen-bond donors (Lipinski definition) is 1. The molecule has 1 aromatic rings. The van der Waals surface area contributed by atoms with Crippen LogP contribution in [-0.4, -0.2) is 55.5 Å². The van der Waals surface area contributed by atoms with Gasteiger partial charge in [0.2, 0.25) is 0 Å². The van der Waals surface area contributed by atoms with Gasteiger partial charge in [0.25, 0.3) is 5.91 Å². The Kier molecular flexibility index (Phi) is 6.40. The third kappa shape index (κ3) is 4.55. The minimum Gasteiger partial charge on any atom is -0.336 e. The van der Waals surface area contributed by atoms with Crippen LogP contribution in [0.5, 0.6) is 0 Å². The van der Waals surface area contributed by atoms with E-state index in [0.717, 1.165) is 51.0 Å². The average molecular weight is 303 g/mol. The van der Waals surface area contributed by atoms with Crippen molar-refractivity contribution < 1.29 is 4.79 Å². The van der Waals surface area contributed by atoms with Crippen LogP contribution in [0.15, 0.2) is 24.3 Å². The SMILES string of the molecule is CCCN(C(=O)c1cccc(CN(C)C)c1)C1CCNCC1. The zero-order valence-electron chi connectivity index (χ0n) is 14.1. The van der Waals surface area contributed by atoms with Crippen molar-refractivity contribution in [1.29, 1.82) is 0 Å². The minimum absolute atomic E-state index is 0.189. The molecule has 1 aliphatic rings. The first kappa shape index (κ1) is 17.0. The van der Waals surface area contributed by atoms with Crippen molar-refractivity contribution in [3.05, 3.63) is 35.4 Å². The Morgan fingerprint density at radius 2 is 2.00 bits per heavy atom. The van der Waals surface area contributed by atoms with Crippen molar-refractivity contribution in [2.45, 2.75) is 38.8 Å². The van der Waals surface area contributed by atoms with E-state index in [0.29, 0.717) is 6.04 Å². The summed E-state index contributed by atoms with van der Waals surface area (Å²) in [5.74, 6) is 0.189. The van der Waals surface area contributed by atoms with Gasteiger partial charge < -0.3 is 15.1 Å². The van der Waals surface area contributed by atoms with Gasteiger partial charge in [-0.05, 0) is 64.1 Å². The maximum absolute atomic E-state index is 13.0. The fraction of sp³-hybridized carbons (Fsp3) is 0.611. The predicted octanol–water partition coefficient (Wildman–Crippen LogP) is 2.35. The van der Waals surface area contributed by atoms with Gasteiger partial charge in [0.05, 0.1) is 0 Å². The number of piperidine rings is 1. The zero-order chi connectivity index (χ0) is 15.9. The highest BCUT2D eigenvalue weighted by molar-refractivity contribution is 5.94. The van der Waals surface area contributed by atoms with Gasteiger partial charge in [-0.2, -0.15) is 0 Å². The van der Waals surface area contributed by atoms with E-state index in [9.17, 15) is 4.79 Å². The summed E-state index contributed by atoms with van der Waals surface area (Å²) < 4.78 is 0. The summed E-state index contributed by atoms with van der Waals surface area (Å²) in [4.78, 5) is 17.2. The first-order valence-corrected chi connectivity index (χ1v) is 8.37. The molecule has 22 heavy (non-hydrogen) atoms. The third-order valence-electron chi connectivity index (χ3n) is 4.15. The average Bonchev–Trinajstić information content (AvgIpc) is 2.52. The second-order valence-electron chi connectivity index (χ2n) is 6.42. The lowest BCUT2D eigenvalue weighted by molar-refractivity contribution is 0.0642. The van der Waals surface area contributed by atoms with E-state index in [4.69, 9.17) is 0 Å². The molecule has 2 rings (SSSR count). The summed E-state index contributed by atoms with van der Waals surface area (Å²) in [6, 6.07) is 8.47. The van der Waals surface area contributed by atoms with Gasteiger partial charge in [-0.25, -0.2) is 0 Å². The molecule has 1 fully saturated rings. The Labute approximate surface area is 134 Å². The Morgan fingerprint density at radius 1 is 1.27 bits per heavy atom. The summed E-state index contributed by atoms with van der Waals surface area (Å²) in [5.41, 5.74) is 2.02. The first-order chi connectivity index (χ1) is 10.6. The van der Waals surface area contributed by atoms with Crippen LogP contribution in [0, 0.1) is 0 Å². The van der Waals surface area contributed by atoms with Gasteiger partial charge in [-0.1, -0.05) is 19.1 Å². The lowest BCUT2D eigenvalue weighted by atomic mass is 10.0. The van der Waals surface area contributed by atoms with Gasteiger partial charge in [0.1, 0.15) is 0 Å². The molecule has 1 saturated heterocycles. The van der Waals surface area contributed by atoms with Crippen LogP contribution in [0.3, 0.4) is 0 Å². The zero-order valence-corrected chi connectivity index (χ0v) is 14.1. The Hall–Kier alpha value is -1.39. The molecule has 1 aliphatic heterocycles. The predicted molar refractivity (Wildman–Crippen MR) is 91.1 cm³/mol. The number of nitrogens with one attached hydrogen (secondary N) is 1. The third-order valence-corrected chi connectivity index (χ3v) is 4.15. The van der Waals surface area contributed by atoms with E-state index in [1.165, 1.54) is 5.56 Å². The molecular formula is C18H29N3O. The first-order valence-electron chi connectivity index (χ1n) is 8.37. The lowest BCUT2D eigenvalue weighted by Gasteiger charge is -2.34. The molecule has 0 atom stereocenters. The molecule has 122 valence electrons. The standard InChI is InChI=1S/C18H29N3O/c1-4-12-21(17-8-10-19-11-9-17)18(22)16-7-5-6-15(13-16)14-20(2)3/h5-7,13,17,19H,4,8-12,14H2,1-3H3. The van der Waals surface area contributed by atoms with Crippen LogP contribution in [0.25, 0.3) is 0 Å². The van der Waals surface area contributed by atoms with E-state index < -0.39 is 0 Å². The molecule has 1 heterocycles. The summed E-state index contributed by atoms with van der Waals surface area (Å²) in [5, 5.41) is 3.38. The maximum atomic E-state index is 13.0. The van der Waals surface area contributed by atoms with Gasteiger partial charge in [-0.3, -0.25) is 4.79 Å². The highest BCUT2D eigenvalue weighted by Gasteiger charge is 2.25. The highest BCUT2D eigenvalue weighted by atomic mass is 16.2. The normalized spacial score (nSPS) is 16.0. The van der Waals surface area contributed by atoms with Gasteiger partial charge in [0, 0.05) is 24.7 Å². The van der Waals surface area contributed by atoms with E-state index in [-0.39, 0.29) is 5.91 Å². The molecule has 0 aromatic heterocycles. The molecule has 1 N–H and O–H groups in total. The highest BCUT2D eigenvalue weighted by Crippen LogP contribution is 2.17. The summed E-state index contributed by atoms with van der Waals surface area (Å²) in [7, 11) is 4.10. The molecule has 4 nitrogen and oxygen atoms in total. The fourth-order valence-corrected chi connectivity index (χ4v) is 3.14. The fourth-order valence-electron chi connectivity index (χ4n) is 3.14. The van der Waals surface area contributed by atoms with Crippen LogP contribution in [-0.2, 0) is 6.54 Å². The number of amides is 1.